The number of nitrogens with one attached hydrogen (secondary N) is 1. The maximum atomic E-state index is 12.5. The van der Waals surface area contributed by atoms with Gasteiger partial charge in [0.25, 0.3) is 5.91 Å². The number of rotatable bonds is 1. The van der Waals surface area contributed by atoms with Gasteiger partial charge in [-0.3, -0.25) is 4.79 Å². The summed E-state index contributed by atoms with van der Waals surface area (Å²) in [7, 11) is 0. The summed E-state index contributed by atoms with van der Waals surface area (Å²) in [6.45, 7) is 6.14. The molecule has 1 aromatic carbocycles. The number of nitrogens with zero attached hydrogens (tertiary/aromatic N) is 3. The van der Waals surface area contributed by atoms with Crippen molar-refractivity contribution in [3.8, 4) is 5.69 Å². The molecular formula is C15H18N4O2. The minimum Gasteiger partial charge on any atom is -0.357 e. The molecule has 2 heterocycles. The third-order valence-corrected chi connectivity index (χ3v) is 3.20. The fourth-order valence-electron chi connectivity index (χ4n) is 2.37. The van der Waals surface area contributed by atoms with Gasteiger partial charge in [0.2, 0.25) is 0 Å². The summed E-state index contributed by atoms with van der Waals surface area (Å²) in [4.78, 5) is 12.5. The standard InChI is InChI=1S/C15H18N4O2/c1-15(2,3)17-14(20)13-11-6-4-5-7-12(11)19-10(9-21-13)8-16-18-19/h4-8,13H,9H2,1-3H3,(H,17,20). The summed E-state index contributed by atoms with van der Waals surface area (Å²) >= 11 is 0. The quantitative estimate of drug-likeness (QED) is 0.867. The molecule has 0 saturated heterocycles. The van der Waals surface area contributed by atoms with E-state index in [1.165, 1.54) is 0 Å². The van der Waals surface area contributed by atoms with Crippen LogP contribution in [0.25, 0.3) is 5.69 Å². The lowest BCUT2D eigenvalue weighted by Crippen LogP contribution is -2.43. The van der Waals surface area contributed by atoms with Gasteiger partial charge in [-0.05, 0) is 26.8 Å². The van der Waals surface area contributed by atoms with Crippen LogP contribution in [-0.4, -0.2) is 26.4 Å². The Morgan fingerprint density at radius 1 is 1.38 bits per heavy atom. The Hall–Kier alpha value is -2.21. The van der Waals surface area contributed by atoms with Crippen LogP contribution in [0, 0.1) is 0 Å². The molecule has 1 N–H and O–H groups in total. The van der Waals surface area contributed by atoms with Crippen molar-refractivity contribution in [2.24, 2.45) is 0 Å². The molecule has 110 valence electrons. The topological polar surface area (TPSA) is 69.0 Å². The average Bonchev–Trinajstić information content (AvgIpc) is 2.80. The van der Waals surface area contributed by atoms with E-state index in [-0.39, 0.29) is 11.4 Å². The fraction of sp³-hybridized carbons (Fsp3) is 0.400. The molecular weight excluding hydrogens is 268 g/mol. The Labute approximate surface area is 123 Å². The number of ether oxygens (including phenoxy) is 1. The first-order chi connectivity index (χ1) is 9.96. The number of benzene rings is 1. The molecule has 0 fully saturated rings. The van der Waals surface area contributed by atoms with E-state index in [9.17, 15) is 4.79 Å². The second-order valence-corrected chi connectivity index (χ2v) is 6.13. The maximum absolute atomic E-state index is 12.5. The van der Waals surface area contributed by atoms with Crippen LogP contribution in [0.15, 0.2) is 30.5 Å². The Kier molecular flexibility index (Phi) is 3.25. The van der Waals surface area contributed by atoms with Crippen LogP contribution >= 0.6 is 0 Å². The minimum atomic E-state index is -0.651. The molecule has 2 aromatic rings. The van der Waals surface area contributed by atoms with Crippen molar-refractivity contribution >= 4 is 5.91 Å². The van der Waals surface area contributed by atoms with Gasteiger partial charge in [0, 0.05) is 11.1 Å². The molecule has 1 aliphatic heterocycles. The van der Waals surface area contributed by atoms with Crippen LogP contribution in [0.4, 0.5) is 0 Å². The van der Waals surface area contributed by atoms with Crippen molar-refractivity contribution in [3.05, 3.63) is 41.7 Å². The van der Waals surface area contributed by atoms with E-state index >= 15 is 0 Å². The van der Waals surface area contributed by atoms with Gasteiger partial charge in [0.15, 0.2) is 6.10 Å². The third-order valence-electron chi connectivity index (χ3n) is 3.20. The van der Waals surface area contributed by atoms with Crippen molar-refractivity contribution in [2.45, 2.75) is 39.0 Å². The Morgan fingerprint density at radius 2 is 2.14 bits per heavy atom. The summed E-state index contributed by atoms with van der Waals surface area (Å²) in [5, 5.41) is 11.0. The molecule has 6 heteroatoms. The molecule has 1 aliphatic rings. The summed E-state index contributed by atoms with van der Waals surface area (Å²) in [5.74, 6) is -0.145. The summed E-state index contributed by atoms with van der Waals surface area (Å²) < 4.78 is 7.53. The van der Waals surface area contributed by atoms with Crippen LogP contribution in [0.3, 0.4) is 0 Å². The highest BCUT2D eigenvalue weighted by Gasteiger charge is 2.30. The normalized spacial score (nSPS) is 17.6. The van der Waals surface area contributed by atoms with E-state index in [1.54, 1.807) is 10.9 Å². The molecule has 1 unspecified atom stereocenters. The van der Waals surface area contributed by atoms with Gasteiger partial charge >= 0.3 is 0 Å². The number of aromatic nitrogens is 3. The highest BCUT2D eigenvalue weighted by atomic mass is 16.5. The molecule has 0 spiro atoms. The number of fused-ring (bicyclic) bond motifs is 3. The van der Waals surface area contributed by atoms with Gasteiger partial charge in [0.05, 0.1) is 24.2 Å². The SMILES string of the molecule is CC(C)(C)NC(=O)C1OCc2cnnn2-c2ccccc21. The van der Waals surface area contributed by atoms with Gasteiger partial charge < -0.3 is 10.1 Å². The molecule has 0 radical (unpaired) electrons. The predicted octanol–water partition coefficient (Wildman–Crippen LogP) is 1.75. The van der Waals surface area contributed by atoms with Gasteiger partial charge in [-0.1, -0.05) is 23.4 Å². The van der Waals surface area contributed by atoms with E-state index in [1.807, 2.05) is 45.0 Å². The Bertz CT molecular complexity index is 672. The first kappa shape index (κ1) is 13.8. The predicted molar refractivity (Wildman–Crippen MR) is 76.8 cm³/mol. The van der Waals surface area contributed by atoms with E-state index in [0.29, 0.717) is 6.61 Å². The highest BCUT2D eigenvalue weighted by molar-refractivity contribution is 5.84. The lowest BCUT2D eigenvalue weighted by molar-refractivity contribution is -0.135. The first-order valence-corrected chi connectivity index (χ1v) is 6.88. The van der Waals surface area contributed by atoms with Crippen molar-refractivity contribution in [2.75, 3.05) is 0 Å². The van der Waals surface area contributed by atoms with Crippen molar-refractivity contribution in [1.29, 1.82) is 0 Å². The summed E-state index contributed by atoms with van der Waals surface area (Å²) in [6.07, 6.45) is 1.00. The van der Waals surface area contributed by atoms with Crippen LogP contribution in [0.1, 0.15) is 38.1 Å². The van der Waals surface area contributed by atoms with Crippen molar-refractivity contribution in [1.82, 2.24) is 20.3 Å². The molecule has 1 aromatic heterocycles. The number of carbonyl (C=O) groups is 1. The van der Waals surface area contributed by atoms with E-state index in [2.05, 4.69) is 15.6 Å². The number of hydrogen-bond acceptors (Lipinski definition) is 4. The highest BCUT2D eigenvalue weighted by Crippen LogP contribution is 2.30. The fourth-order valence-corrected chi connectivity index (χ4v) is 2.37. The number of para-hydroxylation sites is 1. The Morgan fingerprint density at radius 3 is 2.90 bits per heavy atom. The largest absolute Gasteiger partial charge is 0.357 e. The van der Waals surface area contributed by atoms with Gasteiger partial charge in [-0.25, -0.2) is 4.68 Å². The molecule has 1 amide bonds. The summed E-state index contributed by atoms with van der Waals surface area (Å²) in [5.41, 5.74) is 2.14. The zero-order chi connectivity index (χ0) is 15.0. The van der Waals surface area contributed by atoms with Crippen LogP contribution in [0.2, 0.25) is 0 Å². The number of carbonyl (C=O) groups excluding carboxylic acids is 1. The smallest absolute Gasteiger partial charge is 0.254 e. The van der Waals surface area contributed by atoms with E-state index in [0.717, 1.165) is 16.9 Å². The van der Waals surface area contributed by atoms with Crippen LogP contribution in [0.5, 0.6) is 0 Å². The lowest BCUT2D eigenvalue weighted by Gasteiger charge is -2.25. The molecule has 0 saturated carbocycles. The van der Waals surface area contributed by atoms with Gasteiger partial charge in [-0.15, -0.1) is 5.10 Å². The average molecular weight is 286 g/mol. The van der Waals surface area contributed by atoms with Crippen molar-refractivity contribution in [3.63, 3.8) is 0 Å². The zero-order valence-corrected chi connectivity index (χ0v) is 12.3. The molecule has 3 rings (SSSR count). The number of amides is 1. The van der Waals surface area contributed by atoms with E-state index in [4.69, 9.17) is 4.74 Å². The molecule has 21 heavy (non-hydrogen) atoms. The van der Waals surface area contributed by atoms with Crippen LogP contribution < -0.4 is 5.32 Å². The number of hydrogen-bond donors (Lipinski definition) is 1. The maximum Gasteiger partial charge on any atom is 0.254 e. The molecule has 1 atom stereocenters. The minimum absolute atomic E-state index is 0.145. The van der Waals surface area contributed by atoms with Crippen LogP contribution in [-0.2, 0) is 16.1 Å². The molecule has 6 nitrogen and oxygen atoms in total. The lowest BCUT2D eigenvalue weighted by atomic mass is 10.0. The van der Waals surface area contributed by atoms with Crippen molar-refractivity contribution < 1.29 is 9.53 Å². The van der Waals surface area contributed by atoms with Gasteiger partial charge in [-0.2, -0.15) is 0 Å². The monoisotopic (exact) mass is 286 g/mol. The molecule has 0 bridgehead atoms. The Balaban J connectivity index is 2.02. The second-order valence-electron chi connectivity index (χ2n) is 6.13. The summed E-state index contributed by atoms with van der Waals surface area (Å²) in [6, 6.07) is 7.61. The third kappa shape index (κ3) is 2.67. The zero-order valence-electron chi connectivity index (χ0n) is 12.3. The molecule has 0 aliphatic carbocycles. The van der Waals surface area contributed by atoms with E-state index < -0.39 is 6.10 Å². The second kappa shape index (κ2) is 4.96. The first-order valence-electron chi connectivity index (χ1n) is 6.88. The van der Waals surface area contributed by atoms with Gasteiger partial charge in [0.1, 0.15) is 0 Å².